The van der Waals surface area contributed by atoms with Gasteiger partial charge in [-0.15, -0.1) is 0 Å². The highest BCUT2D eigenvalue weighted by atomic mass is 35.5. The van der Waals surface area contributed by atoms with E-state index in [1.54, 1.807) is 34.1 Å². The molecule has 168 valence electrons. The predicted molar refractivity (Wildman–Crippen MR) is 121 cm³/mol. The zero-order valence-corrected chi connectivity index (χ0v) is 18.8. The van der Waals surface area contributed by atoms with Crippen molar-refractivity contribution in [3.05, 3.63) is 69.7 Å². The summed E-state index contributed by atoms with van der Waals surface area (Å²) in [6.07, 6.45) is -0.461. The van der Waals surface area contributed by atoms with Crippen LogP contribution in [0.15, 0.2) is 48.5 Å². The van der Waals surface area contributed by atoms with Crippen molar-refractivity contribution in [1.29, 1.82) is 0 Å². The Hall–Kier alpha value is -2.77. The maximum Gasteiger partial charge on any atom is 0.407 e. The van der Waals surface area contributed by atoms with Gasteiger partial charge in [-0.05, 0) is 41.8 Å². The number of halogens is 2. The van der Waals surface area contributed by atoms with E-state index < -0.39 is 11.5 Å². The molecule has 0 saturated carbocycles. The van der Waals surface area contributed by atoms with Crippen molar-refractivity contribution in [1.82, 2.24) is 14.7 Å². The molecule has 32 heavy (non-hydrogen) atoms. The number of rotatable bonds is 4. The zero-order chi connectivity index (χ0) is 22.9. The minimum absolute atomic E-state index is 0.0329. The molecule has 9 heteroatoms. The van der Waals surface area contributed by atoms with E-state index in [1.807, 2.05) is 24.3 Å². The average Bonchev–Trinajstić information content (AvgIpc) is 3.11. The van der Waals surface area contributed by atoms with Crippen molar-refractivity contribution in [2.24, 2.45) is 0 Å². The van der Waals surface area contributed by atoms with Gasteiger partial charge in [0, 0.05) is 42.8 Å². The minimum atomic E-state index is -0.984. The lowest BCUT2D eigenvalue weighted by molar-refractivity contribution is -0.140. The lowest BCUT2D eigenvalue weighted by atomic mass is 9.73. The third kappa shape index (κ3) is 4.14. The van der Waals surface area contributed by atoms with Gasteiger partial charge in [0.1, 0.15) is 5.41 Å². The van der Waals surface area contributed by atoms with Crippen molar-refractivity contribution in [2.45, 2.75) is 11.8 Å². The number of carboxylic acid groups (broad SMARTS) is 1. The summed E-state index contributed by atoms with van der Waals surface area (Å²) in [5, 5.41) is 10.3. The van der Waals surface area contributed by atoms with E-state index >= 15 is 0 Å². The Labute approximate surface area is 196 Å². The highest BCUT2D eigenvalue weighted by Crippen LogP contribution is 2.42. The molecule has 2 saturated heterocycles. The van der Waals surface area contributed by atoms with Gasteiger partial charge in [-0.1, -0.05) is 47.5 Å². The topological polar surface area (TPSA) is 81.2 Å². The molecule has 0 radical (unpaired) electrons. The Bertz CT molecular complexity index is 973. The van der Waals surface area contributed by atoms with Crippen LogP contribution < -0.4 is 0 Å². The van der Waals surface area contributed by atoms with Crippen LogP contribution in [0.4, 0.5) is 4.79 Å². The van der Waals surface area contributed by atoms with E-state index in [4.69, 9.17) is 28.3 Å². The molecule has 2 aliphatic rings. The van der Waals surface area contributed by atoms with Crippen molar-refractivity contribution >= 4 is 41.1 Å². The summed E-state index contributed by atoms with van der Waals surface area (Å²) in [5.41, 5.74) is 0.718. The number of hydrogen-bond donors (Lipinski definition) is 1. The van der Waals surface area contributed by atoms with Gasteiger partial charge >= 0.3 is 6.09 Å². The fourth-order valence-corrected chi connectivity index (χ4v) is 4.77. The predicted octanol–water partition coefficient (Wildman–Crippen LogP) is 3.33. The Kier molecular flexibility index (Phi) is 6.31. The molecule has 0 spiro atoms. The van der Waals surface area contributed by atoms with Gasteiger partial charge in [0.15, 0.2) is 0 Å². The highest BCUT2D eigenvalue weighted by Gasteiger charge is 2.49. The van der Waals surface area contributed by atoms with Crippen LogP contribution in [0.25, 0.3) is 0 Å². The quantitative estimate of drug-likeness (QED) is 0.734. The van der Waals surface area contributed by atoms with Crippen LogP contribution in [0.5, 0.6) is 0 Å². The number of nitrogens with zero attached hydrogens (tertiary/aromatic N) is 3. The third-order valence-corrected chi connectivity index (χ3v) is 6.82. The zero-order valence-electron chi connectivity index (χ0n) is 17.3. The number of benzene rings is 2. The van der Waals surface area contributed by atoms with E-state index in [9.17, 15) is 14.4 Å². The molecule has 2 aliphatic heterocycles. The third-order valence-electron chi connectivity index (χ3n) is 6.31. The SMILES string of the molecule is O=C(O)N1CCN(C(=O)CN2CCC(c3ccc(Cl)cc3)(c3ccc(Cl)cc3)C2=O)CC1. The van der Waals surface area contributed by atoms with E-state index in [0.717, 1.165) is 11.1 Å². The molecule has 2 fully saturated rings. The number of carbonyl (C=O) groups is 3. The van der Waals surface area contributed by atoms with Crippen LogP contribution in [0.1, 0.15) is 17.5 Å². The minimum Gasteiger partial charge on any atom is -0.465 e. The Morgan fingerprint density at radius 1 is 0.812 bits per heavy atom. The monoisotopic (exact) mass is 475 g/mol. The largest absolute Gasteiger partial charge is 0.465 e. The molecule has 0 aromatic heterocycles. The van der Waals surface area contributed by atoms with E-state index in [-0.39, 0.29) is 31.4 Å². The van der Waals surface area contributed by atoms with Gasteiger partial charge in [0.25, 0.3) is 0 Å². The highest BCUT2D eigenvalue weighted by molar-refractivity contribution is 6.30. The van der Waals surface area contributed by atoms with E-state index in [1.165, 1.54) is 4.90 Å². The maximum absolute atomic E-state index is 13.8. The molecule has 2 heterocycles. The van der Waals surface area contributed by atoms with Crippen molar-refractivity contribution < 1.29 is 19.5 Å². The number of likely N-dealkylation sites (tertiary alicyclic amines) is 1. The number of hydrogen-bond acceptors (Lipinski definition) is 3. The van der Waals surface area contributed by atoms with E-state index in [0.29, 0.717) is 36.1 Å². The molecular formula is C23H23Cl2N3O4. The molecule has 4 rings (SSSR count). The first-order valence-corrected chi connectivity index (χ1v) is 11.1. The second-order valence-electron chi connectivity index (χ2n) is 8.05. The second kappa shape index (κ2) is 9.00. The Morgan fingerprint density at radius 3 is 1.75 bits per heavy atom. The fourth-order valence-electron chi connectivity index (χ4n) is 4.51. The first-order chi connectivity index (χ1) is 15.3. The molecule has 3 amide bonds. The lowest BCUT2D eigenvalue weighted by Crippen LogP contribution is -2.53. The lowest BCUT2D eigenvalue weighted by Gasteiger charge is -2.34. The summed E-state index contributed by atoms with van der Waals surface area (Å²) in [4.78, 5) is 42.2. The molecule has 0 atom stereocenters. The molecule has 0 aliphatic carbocycles. The first kappa shape index (κ1) is 22.4. The smallest absolute Gasteiger partial charge is 0.407 e. The summed E-state index contributed by atoms with van der Waals surface area (Å²) >= 11 is 12.2. The van der Waals surface area contributed by atoms with Crippen LogP contribution in [0, 0.1) is 0 Å². The molecule has 7 nitrogen and oxygen atoms in total. The van der Waals surface area contributed by atoms with Gasteiger partial charge in [0.05, 0.1) is 6.54 Å². The van der Waals surface area contributed by atoms with Crippen molar-refractivity contribution in [3.63, 3.8) is 0 Å². The molecule has 0 unspecified atom stereocenters. The maximum atomic E-state index is 13.8. The molecule has 0 bridgehead atoms. The summed E-state index contributed by atoms with van der Waals surface area (Å²) in [6.45, 7) is 1.60. The fraction of sp³-hybridized carbons (Fsp3) is 0.348. The van der Waals surface area contributed by atoms with Gasteiger partial charge in [-0.2, -0.15) is 0 Å². The number of carbonyl (C=O) groups excluding carboxylic acids is 2. The van der Waals surface area contributed by atoms with Crippen molar-refractivity contribution in [3.8, 4) is 0 Å². The second-order valence-corrected chi connectivity index (χ2v) is 8.92. The molecule has 2 aromatic carbocycles. The normalized spacial score (nSPS) is 18.2. The standard InChI is InChI=1S/C23H23Cl2N3O4/c24-18-5-1-16(2-6-18)23(17-3-7-19(25)8-4-17)9-10-28(21(23)30)15-20(29)26-11-13-27(14-12-26)22(31)32/h1-8H,9-15H2,(H,31,32). The first-order valence-electron chi connectivity index (χ1n) is 10.4. The Balaban J connectivity index is 1.56. The van der Waals surface area contributed by atoms with Crippen LogP contribution in [0.2, 0.25) is 10.0 Å². The Morgan fingerprint density at radius 2 is 1.28 bits per heavy atom. The van der Waals surface area contributed by atoms with Gasteiger partial charge in [0.2, 0.25) is 11.8 Å². The summed E-state index contributed by atoms with van der Waals surface area (Å²) in [7, 11) is 0. The van der Waals surface area contributed by atoms with E-state index in [2.05, 4.69) is 0 Å². The average molecular weight is 476 g/mol. The summed E-state index contributed by atoms with van der Waals surface area (Å²) in [6, 6.07) is 14.5. The molecular weight excluding hydrogens is 453 g/mol. The van der Waals surface area contributed by atoms with Crippen molar-refractivity contribution in [2.75, 3.05) is 39.3 Å². The summed E-state index contributed by atoms with van der Waals surface area (Å²) in [5.74, 6) is -0.314. The number of piperazine rings is 1. The van der Waals surface area contributed by atoms with Crippen LogP contribution in [-0.2, 0) is 15.0 Å². The van der Waals surface area contributed by atoms with Gasteiger partial charge in [-0.25, -0.2) is 4.79 Å². The number of amides is 3. The van der Waals surface area contributed by atoms with Gasteiger partial charge in [-0.3, -0.25) is 9.59 Å². The molecule has 1 N–H and O–H groups in total. The van der Waals surface area contributed by atoms with Crippen LogP contribution >= 0.6 is 23.2 Å². The molecule has 2 aromatic rings. The van der Waals surface area contributed by atoms with Crippen LogP contribution in [0.3, 0.4) is 0 Å². The summed E-state index contributed by atoms with van der Waals surface area (Å²) < 4.78 is 0. The van der Waals surface area contributed by atoms with Crippen LogP contribution in [-0.4, -0.2) is 77.0 Å². The van der Waals surface area contributed by atoms with Gasteiger partial charge < -0.3 is 19.8 Å².